The van der Waals surface area contributed by atoms with Gasteiger partial charge in [0.25, 0.3) is 5.91 Å². The Bertz CT molecular complexity index is 1150. The fourth-order valence-corrected chi connectivity index (χ4v) is 3.67. The van der Waals surface area contributed by atoms with Crippen LogP contribution in [0.3, 0.4) is 0 Å². The maximum Gasteiger partial charge on any atom is 0.274 e. The molecule has 4 rings (SSSR count). The minimum atomic E-state index is -0.554. The number of aromatic nitrogens is 3. The summed E-state index contributed by atoms with van der Waals surface area (Å²) in [7, 11) is 1.62. The zero-order valence-electron chi connectivity index (χ0n) is 15.1. The van der Waals surface area contributed by atoms with Crippen LogP contribution in [0, 0.1) is 6.92 Å². The Labute approximate surface area is 164 Å². The summed E-state index contributed by atoms with van der Waals surface area (Å²) < 4.78 is 7.36. The highest BCUT2D eigenvalue weighted by atomic mass is 32.1. The van der Waals surface area contributed by atoms with Crippen LogP contribution in [0.2, 0.25) is 0 Å². The Morgan fingerprint density at radius 1 is 1.21 bits per heavy atom. The summed E-state index contributed by atoms with van der Waals surface area (Å²) >= 11 is 1.47. The van der Waals surface area contributed by atoms with Gasteiger partial charge < -0.3 is 10.1 Å². The second-order valence-electron chi connectivity index (χ2n) is 6.00. The Hall–Kier alpha value is -3.43. The quantitative estimate of drug-likeness (QED) is 0.352. The topological polar surface area (TPSA) is 101 Å². The number of nitrogens with one attached hydrogen (secondary N) is 2. The van der Waals surface area contributed by atoms with Crippen molar-refractivity contribution in [3.05, 3.63) is 59.2 Å². The highest BCUT2D eigenvalue weighted by Gasteiger charge is 2.16. The molecule has 0 aliphatic rings. The number of amides is 1. The molecule has 0 aliphatic heterocycles. The van der Waals surface area contributed by atoms with E-state index in [4.69, 9.17) is 9.94 Å². The van der Waals surface area contributed by atoms with E-state index in [0.29, 0.717) is 16.4 Å². The van der Waals surface area contributed by atoms with Crippen molar-refractivity contribution < 1.29 is 14.7 Å². The normalized spacial score (nSPS) is 10.8. The van der Waals surface area contributed by atoms with Crippen LogP contribution < -0.4 is 15.5 Å². The molecule has 4 aromatic rings. The summed E-state index contributed by atoms with van der Waals surface area (Å²) in [5, 5.41) is 14.6. The number of pyridine rings is 1. The van der Waals surface area contributed by atoms with Crippen LogP contribution >= 0.6 is 11.3 Å². The number of hydrogen-bond acceptors (Lipinski definition) is 7. The van der Waals surface area contributed by atoms with Crippen molar-refractivity contribution in [3.63, 3.8) is 0 Å². The van der Waals surface area contributed by atoms with E-state index in [-0.39, 0.29) is 0 Å². The molecule has 0 atom stereocenters. The van der Waals surface area contributed by atoms with Gasteiger partial charge in [-0.1, -0.05) is 0 Å². The molecule has 3 heterocycles. The van der Waals surface area contributed by atoms with Gasteiger partial charge in [0.15, 0.2) is 16.5 Å². The van der Waals surface area contributed by atoms with Gasteiger partial charge in [-0.2, -0.15) is 0 Å². The molecule has 0 bridgehead atoms. The second kappa shape index (κ2) is 7.29. The third-order valence-corrected chi connectivity index (χ3v) is 5.01. The number of nitrogens with zero attached hydrogens (tertiary/aromatic N) is 3. The van der Waals surface area contributed by atoms with Crippen molar-refractivity contribution in [2.45, 2.75) is 6.92 Å². The predicted octanol–water partition coefficient (Wildman–Crippen LogP) is 3.64. The number of methoxy groups -OCH3 is 1. The lowest BCUT2D eigenvalue weighted by atomic mass is 10.2. The number of rotatable bonds is 5. The molecule has 0 aliphatic carbocycles. The largest absolute Gasteiger partial charge is 0.493 e. The molecule has 3 aromatic heterocycles. The first-order valence-electron chi connectivity index (χ1n) is 8.40. The Morgan fingerprint density at radius 3 is 2.71 bits per heavy atom. The van der Waals surface area contributed by atoms with E-state index in [1.165, 1.54) is 11.3 Å². The summed E-state index contributed by atoms with van der Waals surface area (Å²) in [4.78, 5) is 20.7. The van der Waals surface area contributed by atoms with Crippen molar-refractivity contribution >= 4 is 33.7 Å². The number of aryl methyl sites for hydroxylation is 1. The van der Waals surface area contributed by atoms with E-state index in [1.807, 2.05) is 35.0 Å². The minimum absolute atomic E-state index is 0.364. The van der Waals surface area contributed by atoms with E-state index in [1.54, 1.807) is 36.9 Å². The van der Waals surface area contributed by atoms with Crippen molar-refractivity contribution in [1.82, 2.24) is 19.8 Å². The summed E-state index contributed by atoms with van der Waals surface area (Å²) in [5.74, 6) is 0.152. The molecule has 0 unspecified atom stereocenters. The van der Waals surface area contributed by atoms with Gasteiger partial charge in [-0.15, -0.1) is 11.3 Å². The van der Waals surface area contributed by atoms with Crippen LogP contribution in [0.1, 0.15) is 16.1 Å². The van der Waals surface area contributed by atoms with E-state index in [9.17, 15) is 4.79 Å². The number of hydrogen-bond donors (Lipinski definition) is 3. The highest BCUT2D eigenvalue weighted by Crippen LogP contribution is 2.32. The lowest BCUT2D eigenvalue weighted by Gasteiger charge is -2.04. The minimum Gasteiger partial charge on any atom is -0.493 e. The molecule has 3 N–H and O–H groups in total. The fraction of sp³-hybridized carbons (Fsp3) is 0.105. The van der Waals surface area contributed by atoms with Gasteiger partial charge in [-0.25, -0.2) is 15.4 Å². The van der Waals surface area contributed by atoms with Crippen LogP contribution in [-0.2, 0) is 0 Å². The Kier molecular flexibility index (Phi) is 4.68. The standard InChI is InChI=1S/C19H17N5O3S/c1-11-16(24-9-3-4-15(27-2)17(24)20-11)14-10-28-19(22-14)21-13-7-5-12(6-8-13)18(25)23-26/h3-10,26H,1-2H3,(H,21,22)(H,23,25). The van der Waals surface area contributed by atoms with Crippen molar-refractivity contribution in [3.8, 4) is 17.1 Å². The molecule has 0 fully saturated rings. The van der Waals surface area contributed by atoms with Gasteiger partial charge in [-0.05, 0) is 43.3 Å². The van der Waals surface area contributed by atoms with Crippen LogP contribution in [0.15, 0.2) is 48.0 Å². The van der Waals surface area contributed by atoms with Crippen LogP contribution in [0.25, 0.3) is 17.0 Å². The number of fused-ring (bicyclic) bond motifs is 1. The maximum absolute atomic E-state index is 11.4. The number of benzene rings is 1. The number of ether oxygens (including phenoxy) is 1. The number of thiazole rings is 1. The molecule has 8 nitrogen and oxygen atoms in total. The van der Waals surface area contributed by atoms with E-state index < -0.39 is 5.91 Å². The third kappa shape index (κ3) is 3.17. The third-order valence-electron chi connectivity index (χ3n) is 4.26. The Morgan fingerprint density at radius 2 is 2.00 bits per heavy atom. The fourth-order valence-electron chi connectivity index (χ4n) is 2.96. The first-order valence-corrected chi connectivity index (χ1v) is 9.27. The molecule has 0 saturated carbocycles. The molecule has 1 aromatic carbocycles. The van der Waals surface area contributed by atoms with Crippen molar-refractivity contribution in [2.75, 3.05) is 12.4 Å². The second-order valence-corrected chi connectivity index (χ2v) is 6.86. The SMILES string of the molecule is COc1cccn2c(-c3csc(Nc4ccc(C(=O)NO)cc4)n3)c(C)nc12. The van der Waals surface area contributed by atoms with E-state index in [0.717, 1.165) is 28.4 Å². The lowest BCUT2D eigenvalue weighted by Crippen LogP contribution is -2.18. The average Bonchev–Trinajstić information content (AvgIpc) is 3.30. The summed E-state index contributed by atoms with van der Waals surface area (Å²) in [6.45, 7) is 1.94. The number of carbonyl (C=O) groups excluding carboxylic acids is 1. The summed E-state index contributed by atoms with van der Waals surface area (Å²) in [6.07, 6.45) is 1.94. The van der Waals surface area contributed by atoms with Gasteiger partial charge in [0.2, 0.25) is 0 Å². The first kappa shape index (κ1) is 18.0. The number of imidazole rings is 1. The monoisotopic (exact) mass is 395 g/mol. The molecule has 0 saturated heterocycles. The van der Waals surface area contributed by atoms with Crippen molar-refractivity contribution in [2.24, 2.45) is 0 Å². The summed E-state index contributed by atoms with van der Waals surface area (Å²) in [6, 6.07) is 10.5. The Balaban J connectivity index is 1.62. The van der Waals surface area contributed by atoms with E-state index in [2.05, 4.69) is 15.3 Å². The van der Waals surface area contributed by atoms with E-state index >= 15 is 0 Å². The molecule has 0 spiro atoms. The number of anilines is 2. The van der Waals surface area contributed by atoms with Crippen molar-refractivity contribution in [1.29, 1.82) is 0 Å². The molecule has 9 heteroatoms. The first-order chi connectivity index (χ1) is 13.6. The van der Waals surface area contributed by atoms with Gasteiger partial charge in [0, 0.05) is 22.8 Å². The molecular weight excluding hydrogens is 378 g/mol. The van der Waals surface area contributed by atoms with Gasteiger partial charge >= 0.3 is 0 Å². The predicted molar refractivity (Wildman–Crippen MR) is 107 cm³/mol. The maximum atomic E-state index is 11.4. The average molecular weight is 395 g/mol. The lowest BCUT2D eigenvalue weighted by molar-refractivity contribution is 0.0706. The van der Waals surface area contributed by atoms with Crippen LogP contribution in [0.5, 0.6) is 5.75 Å². The molecule has 142 valence electrons. The summed E-state index contributed by atoms with van der Waals surface area (Å²) in [5.41, 5.74) is 6.09. The molecule has 1 amide bonds. The molecular formula is C19H17N5O3S. The number of hydroxylamine groups is 1. The zero-order valence-corrected chi connectivity index (χ0v) is 15.9. The van der Waals surface area contributed by atoms with Gasteiger partial charge in [-0.3, -0.25) is 14.4 Å². The zero-order chi connectivity index (χ0) is 19.7. The number of carbonyl (C=O) groups is 1. The highest BCUT2D eigenvalue weighted by molar-refractivity contribution is 7.14. The van der Waals surface area contributed by atoms with Crippen LogP contribution in [0.4, 0.5) is 10.8 Å². The van der Waals surface area contributed by atoms with Gasteiger partial charge in [0.1, 0.15) is 5.69 Å². The molecule has 28 heavy (non-hydrogen) atoms. The van der Waals surface area contributed by atoms with Gasteiger partial charge in [0.05, 0.1) is 18.5 Å². The molecule has 0 radical (unpaired) electrons. The van der Waals surface area contributed by atoms with Crippen LogP contribution in [-0.4, -0.2) is 32.6 Å². The smallest absolute Gasteiger partial charge is 0.274 e.